The van der Waals surface area contributed by atoms with E-state index in [1.165, 1.54) is 24.3 Å². The maximum atomic E-state index is 12.8. The van der Waals surface area contributed by atoms with Crippen molar-refractivity contribution in [2.45, 2.75) is 18.8 Å². The van der Waals surface area contributed by atoms with E-state index in [1.54, 1.807) is 0 Å². The Kier molecular flexibility index (Phi) is 4.46. The smallest absolute Gasteiger partial charge is 0.368 e. The summed E-state index contributed by atoms with van der Waals surface area (Å²) in [6.45, 7) is 0.271. The van der Waals surface area contributed by atoms with Crippen LogP contribution in [0.2, 0.25) is 0 Å². The Morgan fingerprint density at radius 2 is 1.54 bits per heavy atom. The lowest BCUT2D eigenvalue weighted by Gasteiger charge is -2.09. The first kappa shape index (κ1) is 18.0. The second-order valence-corrected chi connectivity index (χ2v) is 5.38. The van der Waals surface area contributed by atoms with E-state index in [9.17, 15) is 26.3 Å². The summed E-state index contributed by atoms with van der Waals surface area (Å²) in [5, 5.41) is 13.1. The minimum Gasteiger partial charge on any atom is -0.368 e. The van der Waals surface area contributed by atoms with Gasteiger partial charge in [-0.25, -0.2) is 0 Å². The lowest BCUT2D eigenvalue weighted by atomic mass is 10.1. The van der Waals surface area contributed by atoms with Crippen molar-refractivity contribution in [3.8, 4) is 0 Å². The summed E-state index contributed by atoms with van der Waals surface area (Å²) >= 11 is 0. The number of nitrogens with one attached hydrogen (secondary N) is 1. The van der Waals surface area contributed by atoms with Gasteiger partial charge in [0.15, 0.2) is 5.65 Å². The predicted octanol–water partition coefficient (Wildman–Crippen LogP) is 3.82. The molecule has 0 bridgehead atoms. The van der Waals surface area contributed by atoms with Crippen molar-refractivity contribution in [3.05, 3.63) is 53.3 Å². The van der Waals surface area contributed by atoms with Crippen molar-refractivity contribution in [2.24, 2.45) is 0 Å². The number of hydrogen-bond acceptors (Lipinski definition) is 4. The first-order chi connectivity index (χ1) is 12.1. The highest BCUT2D eigenvalue weighted by Gasteiger charge is 2.37. The third kappa shape index (κ3) is 3.86. The third-order valence-corrected chi connectivity index (χ3v) is 3.52. The monoisotopic (exact) mass is 375 g/mol. The number of aromatic nitrogens is 4. The van der Waals surface area contributed by atoms with Crippen LogP contribution in [0.25, 0.3) is 5.65 Å². The number of hydrogen-bond donors (Lipinski definition) is 1. The normalized spacial score (nSPS) is 12.5. The van der Waals surface area contributed by atoms with Crippen LogP contribution < -0.4 is 5.32 Å². The molecule has 0 radical (unpaired) electrons. The van der Waals surface area contributed by atoms with Gasteiger partial charge in [-0.2, -0.15) is 30.9 Å². The van der Waals surface area contributed by atoms with Crippen LogP contribution in [0.1, 0.15) is 17.0 Å². The Hall–Kier alpha value is -2.85. The molecule has 0 atom stereocenters. The van der Waals surface area contributed by atoms with Crippen LogP contribution in [-0.2, 0) is 18.8 Å². The van der Waals surface area contributed by atoms with Crippen molar-refractivity contribution in [1.29, 1.82) is 0 Å². The van der Waals surface area contributed by atoms with Gasteiger partial charge in [0.1, 0.15) is 5.82 Å². The molecule has 3 aromatic rings. The fraction of sp³-hybridized carbons (Fsp3) is 0.267. The highest BCUT2D eigenvalue weighted by Crippen LogP contribution is 2.29. The van der Waals surface area contributed by atoms with Crippen LogP contribution in [0.4, 0.5) is 32.2 Å². The molecule has 138 valence electrons. The van der Waals surface area contributed by atoms with Gasteiger partial charge in [0.2, 0.25) is 0 Å². The maximum absolute atomic E-state index is 12.8. The number of anilines is 1. The van der Waals surface area contributed by atoms with E-state index in [1.807, 2.05) is 0 Å². The van der Waals surface area contributed by atoms with E-state index in [2.05, 4.69) is 20.6 Å². The number of alkyl halides is 6. The fourth-order valence-corrected chi connectivity index (χ4v) is 2.26. The molecule has 0 aliphatic rings. The maximum Gasteiger partial charge on any atom is 0.453 e. The molecule has 0 saturated carbocycles. The van der Waals surface area contributed by atoms with Gasteiger partial charge in [0.25, 0.3) is 5.82 Å². The quantitative estimate of drug-likeness (QED) is 0.705. The van der Waals surface area contributed by atoms with E-state index < -0.39 is 23.7 Å². The summed E-state index contributed by atoms with van der Waals surface area (Å²) < 4.78 is 76.5. The Balaban J connectivity index is 1.66. The fourth-order valence-electron chi connectivity index (χ4n) is 2.26. The molecule has 26 heavy (non-hydrogen) atoms. The molecule has 0 amide bonds. The summed E-state index contributed by atoms with van der Waals surface area (Å²) in [7, 11) is 0. The van der Waals surface area contributed by atoms with E-state index in [0.717, 1.165) is 12.1 Å². The molecule has 3 rings (SSSR count). The van der Waals surface area contributed by atoms with Crippen molar-refractivity contribution < 1.29 is 26.3 Å². The average Bonchev–Trinajstić information content (AvgIpc) is 2.98. The number of rotatable bonds is 4. The van der Waals surface area contributed by atoms with Crippen LogP contribution in [0, 0.1) is 0 Å². The highest BCUT2D eigenvalue weighted by molar-refractivity contribution is 5.44. The van der Waals surface area contributed by atoms with Crippen molar-refractivity contribution in [3.63, 3.8) is 0 Å². The molecule has 0 spiro atoms. The van der Waals surface area contributed by atoms with E-state index in [4.69, 9.17) is 0 Å². The molecule has 2 heterocycles. The van der Waals surface area contributed by atoms with Gasteiger partial charge in [-0.3, -0.25) is 0 Å². The Morgan fingerprint density at radius 3 is 2.15 bits per heavy atom. The summed E-state index contributed by atoms with van der Waals surface area (Å²) in [5.74, 6) is -1.08. The van der Waals surface area contributed by atoms with Gasteiger partial charge in [0, 0.05) is 6.54 Å². The molecule has 1 aromatic carbocycles. The molecule has 0 fully saturated rings. The lowest BCUT2D eigenvalue weighted by Crippen LogP contribution is -2.14. The van der Waals surface area contributed by atoms with E-state index in [-0.39, 0.29) is 18.0 Å². The van der Waals surface area contributed by atoms with Crippen LogP contribution in [-0.4, -0.2) is 26.4 Å². The molecule has 0 unspecified atom stereocenters. The zero-order valence-corrected chi connectivity index (χ0v) is 12.9. The zero-order valence-electron chi connectivity index (χ0n) is 12.9. The molecule has 11 heteroatoms. The molecule has 5 nitrogen and oxygen atoms in total. The minimum atomic E-state index is -4.69. The Morgan fingerprint density at radius 1 is 0.846 bits per heavy atom. The van der Waals surface area contributed by atoms with Crippen LogP contribution >= 0.6 is 0 Å². The van der Waals surface area contributed by atoms with Gasteiger partial charge in [-0.05, 0) is 36.2 Å². The van der Waals surface area contributed by atoms with Gasteiger partial charge >= 0.3 is 12.4 Å². The topological polar surface area (TPSA) is 55.1 Å². The molecule has 0 aliphatic carbocycles. The van der Waals surface area contributed by atoms with Crippen LogP contribution in [0.5, 0.6) is 0 Å². The third-order valence-electron chi connectivity index (χ3n) is 3.52. The summed E-state index contributed by atoms with van der Waals surface area (Å²) in [6.07, 6.45) is -8.72. The number of nitrogens with zero attached hydrogens (tertiary/aromatic N) is 4. The van der Waals surface area contributed by atoms with Crippen LogP contribution in [0.3, 0.4) is 0 Å². The number of fused-ring (bicyclic) bond motifs is 1. The highest BCUT2D eigenvalue weighted by atomic mass is 19.4. The second-order valence-electron chi connectivity index (χ2n) is 5.38. The van der Waals surface area contributed by atoms with Gasteiger partial charge < -0.3 is 5.32 Å². The Bertz CT molecular complexity index is 898. The van der Waals surface area contributed by atoms with Crippen molar-refractivity contribution >= 4 is 11.5 Å². The van der Waals surface area contributed by atoms with Gasteiger partial charge in [-0.15, -0.1) is 15.3 Å². The summed E-state index contributed by atoms with van der Waals surface area (Å²) in [5.41, 5.74) is -0.147. The predicted molar refractivity (Wildman–Crippen MR) is 79.4 cm³/mol. The van der Waals surface area contributed by atoms with Gasteiger partial charge in [-0.1, -0.05) is 12.1 Å². The lowest BCUT2D eigenvalue weighted by molar-refractivity contribution is -0.146. The first-order valence-electron chi connectivity index (χ1n) is 7.34. The van der Waals surface area contributed by atoms with Crippen molar-refractivity contribution in [1.82, 2.24) is 19.8 Å². The second kappa shape index (κ2) is 6.46. The molecule has 1 N–H and O–H groups in total. The SMILES string of the molecule is FC(F)(F)c1ccc(CCNc2ccc3nnc(C(F)(F)F)n3n2)cc1. The van der Waals surface area contributed by atoms with Crippen LogP contribution in [0.15, 0.2) is 36.4 Å². The largest absolute Gasteiger partial charge is 0.453 e. The zero-order chi connectivity index (χ0) is 18.9. The molecular formula is C15H11F6N5. The standard InChI is InChI=1S/C15H11F6N5/c16-14(17,18)10-3-1-9(2-4-10)7-8-22-11-5-6-12-23-24-13(15(19,20)21)26(12)25-11/h1-6H,7-8H2,(H,22,25). The van der Waals surface area contributed by atoms with E-state index in [0.29, 0.717) is 16.5 Å². The Labute approximate surface area is 142 Å². The number of benzene rings is 1. The van der Waals surface area contributed by atoms with Gasteiger partial charge in [0.05, 0.1) is 5.56 Å². The molecule has 2 aromatic heterocycles. The summed E-state index contributed by atoms with van der Waals surface area (Å²) in [4.78, 5) is 0. The molecule has 0 saturated heterocycles. The van der Waals surface area contributed by atoms with Crippen molar-refractivity contribution in [2.75, 3.05) is 11.9 Å². The number of halogens is 6. The molecular weight excluding hydrogens is 364 g/mol. The summed E-state index contributed by atoms with van der Waals surface area (Å²) in [6, 6.07) is 7.43. The first-order valence-corrected chi connectivity index (χ1v) is 7.34. The average molecular weight is 375 g/mol. The minimum absolute atomic E-state index is 0.0504. The molecule has 0 aliphatic heterocycles. The van der Waals surface area contributed by atoms with E-state index >= 15 is 0 Å².